The molecule has 3 rings (SSSR count). The zero-order valence-electron chi connectivity index (χ0n) is 16.9. The van der Waals surface area contributed by atoms with Crippen LogP contribution in [0.15, 0.2) is 79.0 Å². The average molecular weight is 441 g/mol. The minimum Gasteiger partial charge on any atom is -0.383 e. The van der Waals surface area contributed by atoms with Crippen molar-refractivity contribution < 1.29 is 9.53 Å². The normalized spacial score (nSPS) is 11.8. The van der Waals surface area contributed by atoms with Crippen LogP contribution in [-0.4, -0.2) is 41.8 Å². The molecule has 0 aliphatic heterocycles. The minimum atomic E-state index is 0.0477. The summed E-state index contributed by atoms with van der Waals surface area (Å²) < 4.78 is 5.20. The Labute approximate surface area is 187 Å². The van der Waals surface area contributed by atoms with Gasteiger partial charge in [-0.2, -0.15) is 0 Å². The molecule has 0 radical (unpaired) electrons. The number of ether oxygens (including phenoxy) is 1. The summed E-state index contributed by atoms with van der Waals surface area (Å²) in [4.78, 5) is 19.2. The summed E-state index contributed by atoms with van der Waals surface area (Å²) in [7, 11) is 1.64. The highest BCUT2D eigenvalue weighted by Crippen LogP contribution is 2.36. The van der Waals surface area contributed by atoms with Gasteiger partial charge >= 0.3 is 0 Å². The fraction of sp³-hybridized carbons (Fsp3) is 0.250. The van der Waals surface area contributed by atoms with Crippen molar-refractivity contribution in [3.63, 3.8) is 0 Å². The number of carbonyl (C=O) groups excluding carboxylic acids is 1. The number of methoxy groups -OCH3 is 1. The zero-order valence-corrected chi connectivity index (χ0v) is 18.5. The first-order valence-corrected chi connectivity index (χ1v) is 11.2. The molecule has 0 fully saturated rings. The van der Waals surface area contributed by atoms with E-state index in [9.17, 15) is 4.79 Å². The predicted molar refractivity (Wildman–Crippen MR) is 124 cm³/mol. The molecule has 0 saturated carbocycles. The number of pyridine rings is 1. The van der Waals surface area contributed by atoms with E-state index in [1.54, 1.807) is 25.1 Å². The standard InChI is InChI=1S/C24H25ClN2O2S/c1-29-16-15-27(17-22-9-5-6-14-26-22)23(28)18-30-24(19-7-3-2-4-8-19)20-10-12-21(25)13-11-20/h2-14,24H,15-18H2,1H3. The molecule has 1 atom stereocenters. The lowest BCUT2D eigenvalue weighted by atomic mass is 10.0. The highest BCUT2D eigenvalue weighted by molar-refractivity contribution is 8.00. The number of nitrogens with zero attached hydrogens (tertiary/aromatic N) is 2. The summed E-state index contributed by atoms with van der Waals surface area (Å²) in [5, 5.41) is 0.749. The van der Waals surface area contributed by atoms with E-state index in [0.717, 1.165) is 16.8 Å². The third-order valence-electron chi connectivity index (χ3n) is 4.65. The molecule has 0 aliphatic rings. The Morgan fingerprint density at radius 2 is 1.73 bits per heavy atom. The van der Waals surface area contributed by atoms with Gasteiger partial charge in [0.05, 0.1) is 29.8 Å². The van der Waals surface area contributed by atoms with Gasteiger partial charge < -0.3 is 9.64 Å². The Morgan fingerprint density at radius 3 is 2.40 bits per heavy atom. The average Bonchev–Trinajstić information content (AvgIpc) is 2.79. The summed E-state index contributed by atoms with van der Waals surface area (Å²) in [5.74, 6) is 0.427. The zero-order chi connectivity index (χ0) is 21.2. The molecule has 6 heteroatoms. The van der Waals surface area contributed by atoms with E-state index in [4.69, 9.17) is 16.3 Å². The number of rotatable bonds is 10. The molecule has 0 spiro atoms. The molecule has 4 nitrogen and oxygen atoms in total. The van der Waals surface area contributed by atoms with Gasteiger partial charge in [0.1, 0.15) is 0 Å². The van der Waals surface area contributed by atoms with Gasteiger partial charge in [-0.3, -0.25) is 9.78 Å². The van der Waals surface area contributed by atoms with Crippen LogP contribution in [0, 0.1) is 0 Å². The second kappa shape index (κ2) is 11.7. The number of hydrogen-bond donors (Lipinski definition) is 0. The number of amides is 1. The number of halogens is 1. The maximum atomic E-state index is 13.1. The van der Waals surface area contributed by atoms with Gasteiger partial charge in [0.2, 0.25) is 5.91 Å². The minimum absolute atomic E-state index is 0.0477. The number of thioether (sulfide) groups is 1. The van der Waals surface area contributed by atoms with Crippen LogP contribution in [0.5, 0.6) is 0 Å². The Bertz CT molecular complexity index is 908. The van der Waals surface area contributed by atoms with Crippen molar-refractivity contribution in [2.75, 3.05) is 26.0 Å². The van der Waals surface area contributed by atoms with Crippen LogP contribution in [-0.2, 0) is 16.1 Å². The molecule has 1 unspecified atom stereocenters. The van der Waals surface area contributed by atoms with Crippen molar-refractivity contribution in [2.24, 2.45) is 0 Å². The molecule has 0 bridgehead atoms. The lowest BCUT2D eigenvalue weighted by Gasteiger charge is -2.24. The molecule has 1 heterocycles. The van der Waals surface area contributed by atoms with Crippen LogP contribution >= 0.6 is 23.4 Å². The predicted octanol–water partition coefficient (Wildman–Crippen LogP) is 5.23. The first-order valence-electron chi connectivity index (χ1n) is 9.76. The van der Waals surface area contributed by atoms with Crippen LogP contribution in [0.25, 0.3) is 0 Å². The fourth-order valence-corrected chi connectivity index (χ4v) is 4.39. The Balaban J connectivity index is 1.73. The highest BCUT2D eigenvalue weighted by Gasteiger charge is 2.20. The number of carbonyl (C=O) groups is 1. The maximum absolute atomic E-state index is 13.1. The topological polar surface area (TPSA) is 42.4 Å². The molecule has 0 aliphatic carbocycles. The quantitative estimate of drug-likeness (QED) is 0.432. The molecule has 0 saturated heterocycles. The smallest absolute Gasteiger partial charge is 0.233 e. The van der Waals surface area contributed by atoms with Crippen molar-refractivity contribution in [3.05, 3.63) is 101 Å². The monoisotopic (exact) mass is 440 g/mol. The van der Waals surface area contributed by atoms with Crippen LogP contribution < -0.4 is 0 Å². The van der Waals surface area contributed by atoms with Crippen LogP contribution in [0.3, 0.4) is 0 Å². The maximum Gasteiger partial charge on any atom is 0.233 e. The number of benzene rings is 2. The molecule has 3 aromatic rings. The molecule has 2 aromatic carbocycles. The van der Waals surface area contributed by atoms with Gasteiger partial charge in [-0.15, -0.1) is 11.8 Å². The van der Waals surface area contributed by atoms with Crippen molar-refractivity contribution >= 4 is 29.3 Å². The highest BCUT2D eigenvalue weighted by atomic mass is 35.5. The molecule has 156 valence electrons. The second-order valence-electron chi connectivity index (χ2n) is 6.78. The van der Waals surface area contributed by atoms with E-state index in [0.29, 0.717) is 30.5 Å². The summed E-state index contributed by atoms with van der Waals surface area (Å²) in [6.45, 7) is 1.49. The van der Waals surface area contributed by atoms with E-state index in [1.165, 1.54) is 0 Å². The summed E-state index contributed by atoms with van der Waals surface area (Å²) >= 11 is 7.69. The summed E-state index contributed by atoms with van der Waals surface area (Å²) in [5.41, 5.74) is 3.15. The van der Waals surface area contributed by atoms with Crippen LogP contribution in [0.2, 0.25) is 5.02 Å². The largest absolute Gasteiger partial charge is 0.383 e. The third kappa shape index (κ3) is 6.59. The first-order chi connectivity index (χ1) is 14.7. The first kappa shape index (κ1) is 22.3. The number of aromatic nitrogens is 1. The fourth-order valence-electron chi connectivity index (χ4n) is 3.08. The van der Waals surface area contributed by atoms with Crippen molar-refractivity contribution in [1.29, 1.82) is 0 Å². The van der Waals surface area contributed by atoms with Gasteiger partial charge in [0, 0.05) is 24.9 Å². The van der Waals surface area contributed by atoms with Gasteiger partial charge in [-0.1, -0.05) is 60.1 Å². The van der Waals surface area contributed by atoms with Gasteiger partial charge in [0.25, 0.3) is 0 Å². The van der Waals surface area contributed by atoms with Gasteiger partial charge in [-0.05, 0) is 35.4 Å². The molecule has 0 N–H and O–H groups in total. The third-order valence-corrected chi connectivity index (χ3v) is 6.19. The Hall–Kier alpha value is -2.34. The van der Waals surface area contributed by atoms with E-state index in [-0.39, 0.29) is 11.2 Å². The van der Waals surface area contributed by atoms with Crippen molar-refractivity contribution in [2.45, 2.75) is 11.8 Å². The van der Waals surface area contributed by atoms with Crippen LogP contribution in [0.4, 0.5) is 0 Å². The molecular formula is C24H25ClN2O2S. The lowest BCUT2D eigenvalue weighted by Crippen LogP contribution is -2.35. The molecule has 1 amide bonds. The van der Waals surface area contributed by atoms with Crippen LogP contribution in [0.1, 0.15) is 22.1 Å². The van der Waals surface area contributed by atoms with E-state index < -0.39 is 0 Å². The van der Waals surface area contributed by atoms with Gasteiger partial charge in [-0.25, -0.2) is 0 Å². The van der Waals surface area contributed by atoms with E-state index >= 15 is 0 Å². The molecule has 1 aromatic heterocycles. The van der Waals surface area contributed by atoms with E-state index in [1.807, 2.05) is 65.6 Å². The Morgan fingerprint density at radius 1 is 1.03 bits per heavy atom. The second-order valence-corrected chi connectivity index (χ2v) is 8.31. The number of hydrogen-bond acceptors (Lipinski definition) is 4. The SMILES string of the molecule is COCCN(Cc1ccccn1)C(=O)CSC(c1ccccc1)c1ccc(Cl)cc1. The summed E-state index contributed by atoms with van der Waals surface area (Å²) in [6, 6.07) is 23.8. The summed E-state index contributed by atoms with van der Waals surface area (Å²) in [6.07, 6.45) is 1.75. The van der Waals surface area contributed by atoms with Crippen molar-refractivity contribution in [1.82, 2.24) is 9.88 Å². The lowest BCUT2D eigenvalue weighted by molar-refractivity contribution is -0.129. The molecular weight excluding hydrogens is 416 g/mol. The van der Waals surface area contributed by atoms with E-state index in [2.05, 4.69) is 17.1 Å². The van der Waals surface area contributed by atoms with Gasteiger partial charge in [0.15, 0.2) is 0 Å². The molecule has 30 heavy (non-hydrogen) atoms. The Kier molecular flexibility index (Phi) is 8.75. The van der Waals surface area contributed by atoms with Crippen molar-refractivity contribution in [3.8, 4) is 0 Å².